The van der Waals surface area contributed by atoms with E-state index in [1.54, 1.807) is 0 Å². The van der Waals surface area contributed by atoms with Gasteiger partial charge < -0.3 is 10.2 Å². The highest BCUT2D eigenvalue weighted by Crippen LogP contribution is 2.09. The predicted molar refractivity (Wildman–Crippen MR) is 68.7 cm³/mol. The third-order valence-corrected chi connectivity index (χ3v) is 2.97. The number of hydrogen-bond donors (Lipinski definition) is 1. The molecule has 1 saturated heterocycles. The van der Waals surface area contributed by atoms with Crippen LogP contribution in [0.2, 0.25) is 0 Å². The van der Waals surface area contributed by atoms with E-state index in [1.165, 1.54) is 0 Å². The first-order chi connectivity index (χ1) is 8.27. The first kappa shape index (κ1) is 11.9. The summed E-state index contributed by atoms with van der Waals surface area (Å²) in [5.41, 5.74) is 1.82. The van der Waals surface area contributed by atoms with E-state index >= 15 is 0 Å². The minimum Gasteiger partial charge on any atom is -0.336 e. The molecule has 90 valence electrons. The molecule has 0 spiro atoms. The van der Waals surface area contributed by atoms with Crippen molar-refractivity contribution in [3.8, 4) is 0 Å². The Bertz CT molecular complexity index is 394. The number of benzene rings is 1. The average Bonchev–Trinajstić information content (AvgIpc) is 2.40. The van der Waals surface area contributed by atoms with Crippen molar-refractivity contribution in [2.24, 2.45) is 0 Å². The quantitative estimate of drug-likeness (QED) is 0.792. The molecule has 17 heavy (non-hydrogen) atoms. The third-order valence-electron chi connectivity index (χ3n) is 2.97. The van der Waals surface area contributed by atoms with Crippen LogP contribution >= 0.6 is 0 Å². The van der Waals surface area contributed by atoms with Crippen molar-refractivity contribution in [1.29, 1.82) is 0 Å². The number of nitrogens with one attached hydrogen (secondary N) is 1. The Labute approximate surface area is 102 Å². The van der Waals surface area contributed by atoms with Crippen LogP contribution in [-0.2, 0) is 11.2 Å². The van der Waals surface area contributed by atoms with E-state index in [1.807, 2.05) is 35.2 Å². The SMILES string of the molecule is C=C(Cc1ccccc1)C(=O)N1CCNCC1. The lowest BCUT2D eigenvalue weighted by Gasteiger charge is -2.28. The molecule has 0 aromatic heterocycles. The summed E-state index contributed by atoms with van der Waals surface area (Å²) in [6.45, 7) is 7.24. The summed E-state index contributed by atoms with van der Waals surface area (Å²) in [7, 11) is 0. The molecule has 3 nitrogen and oxygen atoms in total. The number of rotatable bonds is 3. The van der Waals surface area contributed by atoms with Crippen molar-refractivity contribution in [1.82, 2.24) is 10.2 Å². The van der Waals surface area contributed by atoms with Crippen molar-refractivity contribution < 1.29 is 4.79 Å². The van der Waals surface area contributed by atoms with E-state index in [-0.39, 0.29) is 5.91 Å². The minimum atomic E-state index is 0.0929. The predicted octanol–water partition coefficient (Wildman–Crippen LogP) is 1.22. The van der Waals surface area contributed by atoms with E-state index in [2.05, 4.69) is 11.9 Å². The van der Waals surface area contributed by atoms with Crippen LogP contribution in [0.15, 0.2) is 42.5 Å². The maximum absolute atomic E-state index is 12.1. The zero-order valence-corrected chi connectivity index (χ0v) is 9.98. The van der Waals surface area contributed by atoms with Gasteiger partial charge >= 0.3 is 0 Å². The van der Waals surface area contributed by atoms with Crippen molar-refractivity contribution in [3.63, 3.8) is 0 Å². The Morgan fingerprint density at radius 3 is 2.53 bits per heavy atom. The lowest BCUT2D eigenvalue weighted by molar-refractivity contribution is -0.127. The first-order valence-corrected chi connectivity index (χ1v) is 5.99. The maximum atomic E-state index is 12.1. The Balaban J connectivity index is 1.93. The minimum absolute atomic E-state index is 0.0929. The van der Waals surface area contributed by atoms with Gasteiger partial charge in [-0.3, -0.25) is 4.79 Å². The summed E-state index contributed by atoms with van der Waals surface area (Å²) >= 11 is 0. The highest BCUT2D eigenvalue weighted by Gasteiger charge is 2.18. The van der Waals surface area contributed by atoms with Crippen LogP contribution in [0.5, 0.6) is 0 Å². The van der Waals surface area contributed by atoms with Crippen LogP contribution in [0.25, 0.3) is 0 Å². The molecule has 1 N–H and O–H groups in total. The number of carbonyl (C=O) groups excluding carboxylic acids is 1. The van der Waals surface area contributed by atoms with Crippen molar-refractivity contribution in [2.45, 2.75) is 6.42 Å². The second-order valence-corrected chi connectivity index (χ2v) is 4.31. The molecular weight excluding hydrogens is 212 g/mol. The molecule has 1 fully saturated rings. The zero-order chi connectivity index (χ0) is 12.1. The van der Waals surface area contributed by atoms with Gasteiger partial charge in [-0.15, -0.1) is 0 Å². The molecule has 0 radical (unpaired) electrons. The molecular formula is C14H18N2O. The van der Waals surface area contributed by atoms with Crippen LogP contribution in [0.3, 0.4) is 0 Å². The van der Waals surface area contributed by atoms with Gasteiger partial charge in [0.25, 0.3) is 0 Å². The third kappa shape index (κ3) is 3.17. The van der Waals surface area contributed by atoms with Gasteiger partial charge in [0, 0.05) is 38.2 Å². The number of carbonyl (C=O) groups is 1. The summed E-state index contributed by atoms with van der Waals surface area (Å²) in [6, 6.07) is 9.99. The highest BCUT2D eigenvalue weighted by molar-refractivity contribution is 5.93. The molecule has 1 aliphatic heterocycles. The standard InChI is InChI=1S/C14H18N2O/c1-12(11-13-5-3-2-4-6-13)14(17)16-9-7-15-8-10-16/h2-6,15H,1,7-11H2. The van der Waals surface area contributed by atoms with Crippen LogP contribution in [0.1, 0.15) is 5.56 Å². The molecule has 0 unspecified atom stereocenters. The molecule has 1 aromatic rings. The first-order valence-electron chi connectivity index (χ1n) is 5.99. The topological polar surface area (TPSA) is 32.3 Å². The second-order valence-electron chi connectivity index (χ2n) is 4.31. The lowest BCUT2D eigenvalue weighted by atomic mass is 10.1. The van der Waals surface area contributed by atoms with Crippen LogP contribution in [-0.4, -0.2) is 37.0 Å². The van der Waals surface area contributed by atoms with Gasteiger partial charge in [-0.05, 0) is 5.56 Å². The number of amides is 1. The van der Waals surface area contributed by atoms with Gasteiger partial charge in [-0.25, -0.2) is 0 Å². The Morgan fingerprint density at radius 1 is 1.24 bits per heavy atom. The van der Waals surface area contributed by atoms with Gasteiger partial charge in [0.15, 0.2) is 0 Å². The van der Waals surface area contributed by atoms with E-state index < -0.39 is 0 Å². The average molecular weight is 230 g/mol. The Kier molecular flexibility index (Phi) is 3.94. The van der Waals surface area contributed by atoms with E-state index in [0.717, 1.165) is 31.7 Å². The summed E-state index contributed by atoms with van der Waals surface area (Å²) < 4.78 is 0. The fraction of sp³-hybridized carbons (Fsp3) is 0.357. The number of piperazine rings is 1. The Morgan fingerprint density at radius 2 is 1.88 bits per heavy atom. The van der Waals surface area contributed by atoms with Crippen molar-refractivity contribution >= 4 is 5.91 Å². The van der Waals surface area contributed by atoms with Crippen molar-refractivity contribution in [2.75, 3.05) is 26.2 Å². The molecule has 1 aliphatic rings. The molecule has 1 amide bonds. The monoisotopic (exact) mass is 230 g/mol. The van der Waals surface area contributed by atoms with E-state index in [9.17, 15) is 4.79 Å². The molecule has 1 heterocycles. The molecule has 0 atom stereocenters. The Hall–Kier alpha value is -1.61. The van der Waals surface area contributed by atoms with Gasteiger partial charge in [0.1, 0.15) is 0 Å². The van der Waals surface area contributed by atoms with Crippen LogP contribution in [0.4, 0.5) is 0 Å². The molecule has 3 heteroatoms. The van der Waals surface area contributed by atoms with Crippen LogP contribution in [0, 0.1) is 0 Å². The fourth-order valence-electron chi connectivity index (χ4n) is 2.01. The molecule has 0 aliphatic carbocycles. The zero-order valence-electron chi connectivity index (χ0n) is 9.98. The molecule has 2 rings (SSSR count). The second kappa shape index (κ2) is 5.64. The summed E-state index contributed by atoms with van der Waals surface area (Å²) in [4.78, 5) is 14.0. The largest absolute Gasteiger partial charge is 0.336 e. The summed E-state index contributed by atoms with van der Waals surface area (Å²) in [5.74, 6) is 0.0929. The maximum Gasteiger partial charge on any atom is 0.249 e. The van der Waals surface area contributed by atoms with Gasteiger partial charge in [-0.2, -0.15) is 0 Å². The molecule has 0 saturated carbocycles. The van der Waals surface area contributed by atoms with E-state index in [4.69, 9.17) is 0 Å². The fourth-order valence-corrected chi connectivity index (χ4v) is 2.01. The van der Waals surface area contributed by atoms with E-state index in [0.29, 0.717) is 12.0 Å². The molecule has 0 bridgehead atoms. The van der Waals surface area contributed by atoms with Crippen molar-refractivity contribution in [3.05, 3.63) is 48.0 Å². The van der Waals surface area contributed by atoms with Gasteiger partial charge in [0.05, 0.1) is 0 Å². The van der Waals surface area contributed by atoms with Crippen LogP contribution < -0.4 is 5.32 Å². The normalized spacial score (nSPS) is 15.6. The van der Waals surface area contributed by atoms with Gasteiger partial charge in [0.2, 0.25) is 5.91 Å². The highest BCUT2D eigenvalue weighted by atomic mass is 16.2. The smallest absolute Gasteiger partial charge is 0.249 e. The lowest BCUT2D eigenvalue weighted by Crippen LogP contribution is -2.46. The number of hydrogen-bond acceptors (Lipinski definition) is 2. The summed E-state index contributed by atoms with van der Waals surface area (Å²) in [5, 5.41) is 3.23. The summed E-state index contributed by atoms with van der Waals surface area (Å²) in [6.07, 6.45) is 0.642. The number of nitrogens with zero attached hydrogens (tertiary/aromatic N) is 1. The van der Waals surface area contributed by atoms with Gasteiger partial charge in [-0.1, -0.05) is 36.9 Å². The molecule has 1 aromatic carbocycles.